The number of H-pyrrole nitrogens is 3. The Kier molecular flexibility index (Phi) is 7.08. The number of imidazole rings is 1. The Morgan fingerprint density at radius 2 is 1.33 bits per heavy atom. The maximum atomic E-state index is 12.2. The van der Waals surface area contributed by atoms with E-state index in [2.05, 4.69) is 21.9 Å². The van der Waals surface area contributed by atoms with Gasteiger partial charge >= 0.3 is 11.4 Å². The second-order valence-electron chi connectivity index (χ2n) is 6.40. The standard InChI is InChI=1S/C17H28N4O3/c1-2-3-4-5-6-7-8-9-10-11-12-21-15(22)13-14(20-17(21)24)19-16(23)18-13/h2-12H2,1H3,(H,20,24)(H2,18,19,23). The van der Waals surface area contributed by atoms with Crippen molar-refractivity contribution in [3.05, 3.63) is 31.3 Å². The van der Waals surface area contributed by atoms with Crippen molar-refractivity contribution in [2.24, 2.45) is 0 Å². The summed E-state index contributed by atoms with van der Waals surface area (Å²) in [6.45, 7) is 2.61. The molecule has 2 rings (SSSR count). The fourth-order valence-corrected chi connectivity index (χ4v) is 3.00. The summed E-state index contributed by atoms with van der Waals surface area (Å²) >= 11 is 0. The molecule has 0 fully saturated rings. The molecular formula is C17H28N4O3. The average molecular weight is 336 g/mol. The van der Waals surface area contributed by atoms with Gasteiger partial charge in [0.15, 0.2) is 5.52 Å². The predicted molar refractivity (Wildman–Crippen MR) is 95.6 cm³/mol. The molecule has 0 aliphatic carbocycles. The second kappa shape index (κ2) is 9.30. The zero-order valence-corrected chi connectivity index (χ0v) is 14.5. The van der Waals surface area contributed by atoms with Crippen LogP contribution in [0.25, 0.3) is 11.2 Å². The number of hydrogen-bond acceptors (Lipinski definition) is 3. The van der Waals surface area contributed by atoms with Crippen molar-refractivity contribution in [3.63, 3.8) is 0 Å². The summed E-state index contributed by atoms with van der Waals surface area (Å²) in [7, 11) is 0. The van der Waals surface area contributed by atoms with Crippen molar-refractivity contribution in [2.45, 2.75) is 77.7 Å². The number of unbranched alkanes of at least 4 members (excludes halogenated alkanes) is 9. The van der Waals surface area contributed by atoms with Gasteiger partial charge in [0.25, 0.3) is 5.56 Å². The van der Waals surface area contributed by atoms with Gasteiger partial charge in [0.05, 0.1) is 0 Å². The minimum atomic E-state index is -0.491. The highest BCUT2D eigenvalue weighted by molar-refractivity contribution is 5.67. The third-order valence-electron chi connectivity index (χ3n) is 4.40. The van der Waals surface area contributed by atoms with Gasteiger partial charge in [0, 0.05) is 6.54 Å². The molecule has 0 spiro atoms. The van der Waals surface area contributed by atoms with Crippen molar-refractivity contribution in [1.29, 1.82) is 0 Å². The number of aromatic nitrogens is 4. The van der Waals surface area contributed by atoms with E-state index in [1.807, 2.05) is 0 Å². The van der Waals surface area contributed by atoms with Crippen molar-refractivity contribution < 1.29 is 0 Å². The zero-order chi connectivity index (χ0) is 17.4. The van der Waals surface area contributed by atoms with Gasteiger partial charge in [-0.3, -0.25) is 24.3 Å². The summed E-state index contributed by atoms with van der Waals surface area (Å²) in [4.78, 5) is 42.7. The summed E-state index contributed by atoms with van der Waals surface area (Å²) < 4.78 is 1.16. The number of aromatic amines is 3. The molecule has 2 heterocycles. The Morgan fingerprint density at radius 1 is 0.750 bits per heavy atom. The number of hydrogen-bond donors (Lipinski definition) is 3. The lowest BCUT2D eigenvalue weighted by molar-refractivity contribution is 0.522. The summed E-state index contributed by atoms with van der Waals surface area (Å²) in [5.74, 6) is 0. The Labute approximate surface area is 140 Å². The average Bonchev–Trinajstić information content (AvgIpc) is 2.92. The van der Waals surface area contributed by atoms with E-state index in [4.69, 9.17) is 0 Å². The highest BCUT2D eigenvalue weighted by Crippen LogP contribution is 2.10. The molecule has 0 amide bonds. The zero-order valence-electron chi connectivity index (χ0n) is 14.5. The molecule has 134 valence electrons. The van der Waals surface area contributed by atoms with Crippen molar-refractivity contribution >= 4 is 11.2 Å². The van der Waals surface area contributed by atoms with E-state index in [0.717, 1.165) is 23.8 Å². The first-order valence-corrected chi connectivity index (χ1v) is 9.08. The van der Waals surface area contributed by atoms with Gasteiger partial charge in [0.2, 0.25) is 0 Å². The van der Waals surface area contributed by atoms with E-state index in [0.29, 0.717) is 6.54 Å². The van der Waals surface area contributed by atoms with E-state index < -0.39 is 16.9 Å². The summed E-state index contributed by atoms with van der Waals surface area (Å²) in [5, 5.41) is 0. The fourth-order valence-electron chi connectivity index (χ4n) is 3.00. The molecule has 0 aromatic carbocycles. The molecule has 2 aromatic heterocycles. The first-order chi connectivity index (χ1) is 11.6. The fraction of sp³-hybridized carbons (Fsp3) is 0.706. The van der Waals surface area contributed by atoms with Crippen molar-refractivity contribution in [3.8, 4) is 0 Å². The lowest BCUT2D eigenvalue weighted by atomic mass is 10.1. The van der Waals surface area contributed by atoms with Crippen LogP contribution in [0.2, 0.25) is 0 Å². The lowest BCUT2D eigenvalue weighted by Crippen LogP contribution is -2.35. The second-order valence-corrected chi connectivity index (χ2v) is 6.40. The van der Waals surface area contributed by atoms with Crippen molar-refractivity contribution in [2.75, 3.05) is 0 Å². The van der Waals surface area contributed by atoms with Crippen LogP contribution in [0.15, 0.2) is 14.4 Å². The normalized spacial score (nSPS) is 11.4. The van der Waals surface area contributed by atoms with Crippen LogP contribution in [0, 0.1) is 0 Å². The number of nitrogens with zero attached hydrogens (tertiary/aromatic N) is 1. The monoisotopic (exact) mass is 336 g/mol. The molecule has 0 aliphatic heterocycles. The van der Waals surface area contributed by atoms with Gasteiger partial charge in [-0.2, -0.15) is 0 Å². The largest absolute Gasteiger partial charge is 0.330 e. The summed E-state index contributed by atoms with van der Waals surface area (Å²) in [5.41, 5.74) is -1.11. The van der Waals surface area contributed by atoms with E-state index in [-0.39, 0.29) is 11.2 Å². The maximum Gasteiger partial charge on any atom is 0.330 e. The van der Waals surface area contributed by atoms with Gasteiger partial charge in [-0.1, -0.05) is 64.7 Å². The Balaban J connectivity index is 1.73. The van der Waals surface area contributed by atoms with Gasteiger partial charge in [-0.15, -0.1) is 0 Å². The van der Waals surface area contributed by atoms with Gasteiger partial charge < -0.3 is 0 Å². The summed E-state index contributed by atoms with van der Waals surface area (Å²) in [6, 6.07) is 0. The topological polar surface area (TPSA) is 104 Å². The molecule has 0 saturated carbocycles. The molecule has 24 heavy (non-hydrogen) atoms. The lowest BCUT2D eigenvalue weighted by Gasteiger charge is -2.05. The predicted octanol–water partition coefficient (Wildman–Crippen LogP) is 2.63. The first kappa shape index (κ1) is 18.3. The molecule has 0 aliphatic rings. The first-order valence-electron chi connectivity index (χ1n) is 9.08. The number of nitrogens with one attached hydrogen (secondary N) is 3. The van der Waals surface area contributed by atoms with Crippen LogP contribution in [-0.2, 0) is 6.54 Å². The Hall–Kier alpha value is -2.05. The van der Waals surface area contributed by atoms with Gasteiger partial charge in [0.1, 0.15) is 5.65 Å². The quantitative estimate of drug-likeness (QED) is 0.549. The van der Waals surface area contributed by atoms with Crippen LogP contribution in [0.3, 0.4) is 0 Å². The SMILES string of the molecule is CCCCCCCCCCCCn1c(=O)[nH]c2[nH]c(=O)[nH]c2c1=O. The Bertz CT molecular complexity index is 796. The van der Waals surface area contributed by atoms with Crippen LogP contribution >= 0.6 is 0 Å². The highest BCUT2D eigenvalue weighted by atomic mass is 16.2. The Morgan fingerprint density at radius 3 is 1.96 bits per heavy atom. The molecule has 3 N–H and O–H groups in total. The third-order valence-corrected chi connectivity index (χ3v) is 4.40. The minimum absolute atomic E-state index is 0.131. The maximum absolute atomic E-state index is 12.2. The van der Waals surface area contributed by atoms with E-state index in [1.54, 1.807) is 0 Å². The highest BCUT2D eigenvalue weighted by Gasteiger charge is 2.09. The van der Waals surface area contributed by atoms with Crippen molar-refractivity contribution in [1.82, 2.24) is 19.5 Å². The van der Waals surface area contributed by atoms with Crippen LogP contribution in [-0.4, -0.2) is 19.5 Å². The molecular weight excluding hydrogens is 308 g/mol. The van der Waals surface area contributed by atoms with E-state index in [1.165, 1.54) is 44.9 Å². The molecule has 7 heteroatoms. The van der Waals surface area contributed by atoms with Crippen LogP contribution in [0.1, 0.15) is 71.1 Å². The smallest absolute Gasteiger partial charge is 0.300 e. The number of rotatable bonds is 11. The molecule has 0 saturated heterocycles. The molecule has 2 aromatic rings. The van der Waals surface area contributed by atoms with Crippen LogP contribution in [0.4, 0.5) is 0 Å². The molecule has 0 atom stereocenters. The van der Waals surface area contributed by atoms with Gasteiger partial charge in [-0.25, -0.2) is 9.59 Å². The van der Waals surface area contributed by atoms with Crippen LogP contribution < -0.4 is 16.9 Å². The van der Waals surface area contributed by atoms with Gasteiger partial charge in [-0.05, 0) is 6.42 Å². The molecule has 0 bridgehead atoms. The molecule has 7 nitrogen and oxygen atoms in total. The molecule has 0 radical (unpaired) electrons. The third kappa shape index (κ3) is 4.97. The van der Waals surface area contributed by atoms with E-state index >= 15 is 0 Å². The summed E-state index contributed by atoms with van der Waals surface area (Å²) in [6.07, 6.45) is 12.0. The molecule has 0 unspecified atom stereocenters. The van der Waals surface area contributed by atoms with E-state index in [9.17, 15) is 14.4 Å². The minimum Gasteiger partial charge on any atom is -0.300 e. The number of fused-ring (bicyclic) bond motifs is 1. The van der Waals surface area contributed by atoms with Crippen LogP contribution in [0.5, 0.6) is 0 Å².